The van der Waals surface area contributed by atoms with Crippen molar-refractivity contribution < 1.29 is 22.7 Å². The second-order valence-electron chi connectivity index (χ2n) is 7.99. The van der Waals surface area contributed by atoms with E-state index in [9.17, 15) is 13.2 Å². The number of benzene rings is 1. The summed E-state index contributed by atoms with van der Waals surface area (Å²) in [7, 11) is -1.68. The third kappa shape index (κ3) is 4.55. The number of nitrogens with one attached hydrogen (secondary N) is 1. The highest BCUT2D eigenvalue weighted by Gasteiger charge is 2.37. The second-order valence-corrected chi connectivity index (χ2v) is 9.97. The minimum atomic E-state index is -3.28. The van der Waals surface area contributed by atoms with Crippen molar-refractivity contribution in [1.82, 2.24) is 9.62 Å². The summed E-state index contributed by atoms with van der Waals surface area (Å²) in [6, 6.07) is 5.42. The van der Waals surface area contributed by atoms with Gasteiger partial charge in [0.25, 0.3) is 0 Å². The zero-order valence-electron chi connectivity index (χ0n) is 16.3. The number of fused-ring (bicyclic) bond motifs is 1. The Morgan fingerprint density at radius 3 is 2.78 bits per heavy atom. The fraction of sp³-hybridized carbons (Fsp3) is 0.632. The van der Waals surface area contributed by atoms with Crippen LogP contribution in [0.4, 0.5) is 0 Å². The SMILES string of the molecule is COc1ccc2c(c1)OC(C)(C)CC2NC(=O)C1CCCN(S(C)(=O)=O)C1. The monoisotopic (exact) mass is 396 g/mol. The maximum atomic E-state index is 12.9. The standard InChI is InChI=1S/C19H28N2O5S/c1-19(2)11-16(15-8-7-14(25-3)10-17(15)26-19)20-18(22)13-6-5-9-21(12-13)27(4,23)24/h7-8,10,13,16H,5-6,9,11-12H2,1-4H3,(H,20,22). The van der Waals surface area contributed by atoms with E-state index < -0.39 is 15.6 Å². The van der Waals surface area contributed by atoms with Crippen LogP contribution in [0.25, 0.3) is 0 Å². The third-order valence-electron chi connectivity index (χ3n) is 5.22. The quantitative estimate of drug-likeness (QED) is 0.842. The molecule has 0 bridgehead atoms. The molecule has 2 heterocycles. The molecule has 2 aliphatic rings. The van der Waals surface area contributed by atoms with Crippen LogP contribution in [-0.2, 0) is 14.8 Å². The van der Waals surface area contributed by atoms with E-state index in [2.05, 4.69) is 5.32 Å². The summed E-state index contributed by atoms with van der Waals surface area (Å²) in [5, 5.41) is 3.13. The van der Waals surface area contributed by atoms with Gasteiger partial charge in [-0.3, -0.25) is 4.79 Å². The molecule has 0 radical (unpaired) electrons. The van der Waals surface area contributed by atoms with Crippen molar-refractivity contribution in [1.29, 1.82) is 0 Å². The van der Waals surface area contributed by atoms with E-state index in [0.29, 0.717) is 37.3 Å². The first kappa shape index (κ1) is 19.9. The topological polar surface area (TPSA) is 84.9 Å². The summed E-state index contributed by atoms with van der Waals surface area (Å²) in [4.78, 5) is 12.9. The molecule has 0 saturated carbocycles. The number of carbonyl (C=O) groups is 1. The lowest BCUT2D eigenvalue weighted by atomic mass is 9.88. The molecule has 27 heavy (non-hydrogen) atoms. The van der Waals surface area contributed by atoms with Crippen molar-refractivity contribution in [3.05, 3.63) is 23.8 Å². The molecule has 1 N–H and O–H groups in total. The number of amides is 1. The van der Waals surface area contributed by atoms with E-state index in [1.807, 2.05) is 32.0 Å². The molecule has 1 amide bonds. The van der Waals surface area contributed by atoms with Gasteiger partial charge in [-0.1, -0.05) is 0 Å². The molecule has 2 aliphatic heterocycles. The minimum absolute atomic E-state index is 0.104. The average molecular weight is 397 g/mol. The van der Waals surface area contributed by atoms with Gasteiger partial charge in [0, 0.05) is 31.1 Å². The van der Waals surface area contributed by atoms with Gasteiger partial charge in [-0.25, -0.2) is 12.7 Å². The highest BCUT2D eigenvalue weighted by atomic mass is 32.2. The van der Waals surface area contributed by atoms with E-state index in [1.165, 1.54) is 10.6 Å². The molecule has 1 fully saturated rings. The van der Waals surface area contributed by atoms with Crippen molar-refractivity contribution in [2.75, 3.05) is 26.5 Å². The maximum absolute atomic E-state index is 12.9. The first-order valence-electron chi connectivity index (χ1n) is 9.21. The molecule has 150 valence electrons. The van der Waals surface area contributed by atoms with Gasteiger partial charge in [-0.2, -0.15) is 0 Å². The fourth-order valence-electron chi connectivity index (χ4n) is 3.83. The predicted octanol–water partition coefficient (Wildman–Crippen LogP) is 2.09. The van der Waals surface area contributed by atoms with E-state index in [1.54, 1.807) is 7.11 Å². The number of carbonyl (C=O) groups excluding carboxylic acids is 1. The molecule has 1 aromatic carbocycles. The van der Waals surface area contributed by atoms with Gasteiger partial charge in [0.1, 0.15) is 17.1 Å². The van der Waals surface area contributed by atoms with Crippen LogP contribution in [0.5, 0.6) is 11.5 Å². The zero-order chi connectivity index (χ0) is 19.8. The minimum Gasteiger partial charge on any atom is -0.497 e. The molecule has 3 rings (SSSR count). The van der Waals surface area contributed by atoms with Crippen LogP contribution in [-0.4, -0.2) is 50.7 Å². The summed E-state index contributed by atoms with van der Waals surface area (Å²) in [5.74, 6) is 0.971. The van der Waals surface area contributed by atoms with E-state index in [4.69, 9.17) is 9.47 Å². The molecular weight excluding hydrogens is 368 g/mol. The number of sulfonamides is 1. The Bertz CT molecular complexity index is 821. The van der Waals surface area contributed by atoms with Gasteiger partial charge in [0.15, 0.2) is 0 Å². The summed E-state index contributed by atoms with van der Waals surface area (Å²) in [6.45, 7) is 4.70. The molecule has 2 atom stereocenters. The first-order chi connectivity index (χ1) is 12.6. The van der Waals surface area contributed by atoms with Gasteiger partial charge in [0.2, 0.25) is 15.9 Å². The third-order valence-corrected chi connectivity index (χ3v) is 6.49. The van der Waals surface area contributed by atoms with Gasteiger partial charge < -0.3 is 14.8 Å². The number of ether oxygens (including phenoxy) is 2. The number of nitrogens with zero attached hydrogens (tertiary/aromatic N) is 1. The number of piperidine rings is 1. The van der Waals surface area contributed by atoms with Crippen molar-refractivity contribution in [2.24, 2.45) is 5.92 Å². The van der Waals surface area contributed by atoms with E-state index in [-0.39, 0.29) is 24.4 Å². The summed E-state index contributed by atoms with van der Waals surface area (Å²) >= 11 is 0. The van der Waals surface area contributed by atoms with Crippen LogP contribution in [0.1, 0.15) is 44.7 Å². The molecular formula is C19H28N2O5S. The second kappa shape index (κ2) is 7.31. The number of methoxy groups -OCH3 is 1. The largest absolute Gasteiger partial charge is 0.497 e. The molecule has 7 nitrogen and oxygen atoms in total. The molecule has 1 saturated heterocycles. The van der Waals surface area contributed by atoms with Crippen LogP contribution in [0.3, 0.4) is 0 Å². The number of hydrogen-bond acceptors (Lipinski definition) is 5. The predicted molar refractivity (Wildman–Crippen MR) is 102 cm³/mol. The first-order valence-corrected chi connectivity index (χ1v) is 11.1. The Hall–Kier alpha value is -1.80. The number of hydrogen-bond donors (Lipinski definition) is 1. The van der Waals surface area contributed by atoms with Crippen LogP contribution in [0, 0.1) is 5.92 Å². The van der Waals surface area contributed by atoms with Crippen LogP contribution < -0.4 is 14.8 Å². The lowest BCUT2D eigenvalue weighted by Gasteiger charge is -2.39. The molecule has 8 heteroatoms. The smallest absolute Gasteiger partial charge is 0.224 e. The molecule has 0 spiro atoms. The fourth-order valence-corrected chi connectivity index (χ4v) is 4.75. The Balaban J connectivity index is 1.78. The molecule has 1 aromatic rings. The van der Waals surface area contributed by atoms with Crippen LogP contribution >= 0.6 is 0 Å². The van der Waals surface area contributed by atoms with Crippen molar-refractivity contribution in [3.8, 4) is 11.5 Å². The van der Waals surface area contributed by atoms with Crippen LogP contribution in [0.15, 0.2) is 18.2 Å². The van der Waals surface area contributed by atoms with Gasteiger partial charge in [-0.05, 0) is 38.8 Å². The summed E-state index contributed by atoms with van der Waals surface area (Å²) in [5.41, 5.74) is 0.488. The van der Waals surface area contributed by atoms with Gasteiger partial charge >= 0.3 is 0 Å². The lowest BCUT2D eigenvalue weighted by molar-refractivity contribution is -0.127. The number of rotatable bonds is 4. The summed E-state index contributed by atoms with van der Waals surface area (Å²) in [6.07, 6.45) is 3.22. The molecule has 2 unspecified atom stereocenters. The van der Waals surface area contributed by atoms with Gasteiger partial charge in [0.05, 0.1) is 25.3 Å². The molecule has 0 aromatic heterocycles. The Morgan fingerprint density at radius 1 is 1.37 bits per heavy atom. The average Bonchev–Trinajstić information content (AvgIpc) is 2.59. The van der Waals surface area contributed by atoms with Crippen molar-refractivity contribution >= 4 is 15.9 Å². The Morgan fingerprint density at radius 2 is 2.11 bits per heavy atom. The lowest BCUT2D eigenvalue weighted by Crippen LogP contribution is -2.47. The Kier molecular flexibility index (Phi) is 5.40. The molecule has 0 aliphatic carbocycles. The Labute approximate surface area is 161 Å². The van der Waals surface area contributed by atoms with E-state index >= 15 is 0 Å². The van der Waals surface area contributed by atoms with Gasteiger partial charge in [-0.15, -0.1) is 0 Å². The van der Waals surface area contributed by atoms with Crippen molar-refractivity contribution in [2.45, 2.75) is 44.8 Å². The van der Waals surface area contributed by atoms with Crippen molar-refractivity contribution in [3.63, 3.8) is 0 Å². The normalized spacial score (nSPS) is 25.2. The summed E-state index contributed by atoms with van der Waals surface area (Å²) < 4.78 is 36.4. The zero-order valence-corrected chi connectivity index (χ0v) is 17.1. The highest BCUT2D eigenvalue weighted by Crippen LogP contribution is 2.41. The highest BCUT2D eigenvalue weighted by molar-refractivity contribution is 7.88. The van der Waals surface area contributed by atoms with Crippen LogP contribution in [0.2, 0.25) is 0 Å². The maximum Gasteiger partial charge on any atom is 0.224 e. The van der Waals surface area contributed by atoms with E-state index in [0.717, 1.165) is 5.56 Å².